The van der Waals surface area contributed by atoms with Crippen LogP contribution in [0, 0.1) is 11.3 Å². The number of nitrogens with one attached hydrogen (secondary N) is 1. The Bertz CT molecular complexity index is 635. The first-order valence-corrected chi connectivity index (χ1v) is 7.50. The molecule has 0 aromatic heterocycles. The molecular weight excluding hydrogens is 290 g/mol. The Hall–Kier alpha value is -1.82. The van der Waals surface area contributed by atoms with Gasteiger partial charge in [-0.3, -0.25) is 14.5 Å². The van der Waals surface area contributed by atoms with Crippen LogP contribution in [0.1, 0.15) is 33.6 Å². The van der Waals surface area contributed by atoms with Crippen molar-refractivity contribution >= 4 is 11.8 Å². The maximum Gasteiger partial charge on any atom is 0.261 e. The van der Waals surface area contributed by atoms with Crippen LogP contribution < -0.4 is 5.32 Å². The first-order chi connectivity index (χ1) is 10.5. The van der Waals surface area contributed by atoms with Gasteiger partial charge in [-0.1, -0.05) is 12.1 Å². The second-order valence-electron chi connectivity index (χ2n) is 6.50. The van der Waals surface area contributed by atoms with Crippen LogP contribution in [-0.2, 0) is 0 Å². The number of carbonyl (C=O) groups is 2. The fourth-order valence-electron chi connectivity index (χ4n) is 3.63. The van der Waals surface area contributed by atoms with Gasteiger partial charge in [-0.05, 0) is 25.0 Å². The minimum Gasteiger partial charge on any atom is -0.315 e. The Morgan fingerprint density at radius 1 is 1.14 bits per heavy atom. The van der Waals surface area contributed by atoms with Crippen molar-refractivity contribution in [3.05, 3.63) is 35.4 Å². The zero-order chi connectivity index (χ0) is 15.5. The van der Waals surface area contributed by atoms with Crippen LogP contribution in [0.2, 0.25) is 0 Å². The molecule has 6 heteroatoms. The summed E-state index contributed by atoms with van der Waals surface area (Å²) >= 11 is 0. The monoisotopic (exact) mass is 306 g/mol. The Balaban J connectivity index is 1.60. The number of alkyl halides is 2. The molecule has 4 nitrogen and oxygen atoms in total. The first-order valence-electron chi connectivity index (χ1n) is 7.50. The lowest BCUT2D eigenvalue weighted by Crippen LogP contribution is -2.57. The van der Waals surface area contributed by atoms with Gasteiger partial charge in [0.2, 0.25) is 0 Å². The van der Waals surface area contributed by atoms with Crippen molar-refractivity contribution in [1.82, 2.24) is 10.2 Å². The smallest absolute Gasteiger partial charge is 0.261 e. The Kier molecular flexibility index (Phi) is 2.73. The molecule has 1 atom stereocenters. The number of rotatable bonds is 2. The number of benzene rings is 1. The van der Waals surface area contributed by atoms with E-state index < -0.39 is 29.1 Å². The van der Waals surface area contributed by atoms with E-state index in [9.17, 15) is 18.4 Å². The summed E-state index contributed by atoms with van der Waals surface area (Å²) in [5.74, 6) is -4.79. The lowest BCUT2D eigenvalue weighted by Gasteiger charge is -2.40. The van der Waals surface area contributed by atoms with Crippen molar-refractivity contribution in [2.24, 2.45) is 11.3 Å². The standard InChI is InChI=1S/C16H16F2N2O2/c17-16(18)10(7-19-9-15(16)5-6-15)8-20-13(21)11-3-1-2-4-12(11)14(20)22/h1-4,10,19H,5-9H2. The molecule has 4 rings (SSSR count). The highest BCUT2D eigenvalue weighted by atomic mass is 19.3. The minimum atomic E-state index is -2.84. The molecule has 1 saturated heterocycles. The lowest BCUT2D eigenvalue weighted by molar-refractivity contribution is -0.139. The summed E-state index contributed by atoms with van der Waals surface area (Å²) in [5.41, 5.74) is -0.351. The minimum absolute atomic E-state index is 0.127. The normalized spacial score (nSPS) is 28.1. The zero-order valence-electron chi connectivity index (χ0n) is 11.9. The van der Waals surface area contributed by atoms with Gasteiger partial charge in [0.15, 0.2) is 0 Å². The van der Waals surface area contributed by atoms with Crippen LogP contribution in [0.25, 0.3) is 0 Å². The average Bonchev–Trinajstić information content (AvgIpc) is 3.25. The Morgan fingerprint density at radius 2 is 1.73 bits per heavy atom. The molecule has 116 valence electrons. The Morgan fingerprint density at radius 3 is 2.27 bits per heavy atom. The Labute approximate surface area is 126 Å². The number of fused-ring (bicyclic) bond motifs is 1. The molecule has 0 radical (unpaired) electrons. The van der Waals surface area contributed by atoms with Crippen molar-refractivity contribution in [3.63, 3.8) is 0 Å². The topological polar surface area (TPSA) is 49.4 Å². The molecule has 3 aliphatic rings. The molecule has 2 amide bonds. The van der Waals surface area contributed by atoms with Crippen LogP contribution >= 0.6 is 0 Å². The molecule has 0 bridgehead atoms. The molecule has 1 saturated carbocycles. The van der Waals surface area contributed by atoms with Crippen LogP contribution in [-0.4, -0.2) is 42.3 Å². The number of piperidine rings is 1. The molecule has 1 unspecified atom stereocenters. The van der Waals surface area contributed by atoms with Crippen LogP contribution in [0.4, 0.5) is 8.78 Å². The van der Waals surface area contributed by atoms with E-state index in [1.807, 2.05) is 0 Å². The lowest BCUT2D eigenvalue weighted by atomic mass is 9.83. The largest absolute Gasteiger partial charge is 0.315 e. The van der Waals surface area contributed by atoms with Gasteiger partial charge in [-0.2, -0.15) is 0 Å². The van der Waals surface area contributed by atoms with Crippen molar-refractivity contribution in [3.8, 4) is 0 Å². The highest BCUT2D eigenvalue weighted by Crippen LogP contribution is 2.60. The summed E-state index contributed by atoms with van der Waals surface area (Å²) in [4.78, 5) is 25.6. The third kappa shape index (κ3) is 1.70. The van der Waals surface area contributed by atoms with Crippen molar-refractivity contribution in [1.29, 1.82) is 0 Å². The van der Waals surface area contributed by atoms with E-state index in [4.69, 9.17) is 0 Å². The fraction of sp³-hybridized carbons (Fsp3) is 0.500. The molecular formula is C16H16F2N2O2. The molecule has 2 aliphatic heterocycles. The van der Waals surface area contributed by atoms with E-state index in [0.717, 1.165) is 4.90 Å². The second-order valence-corrected chi connectivity index (χ2v) is 6.50. The summed E-state index contributed by atoms with van der Waals surface area (Å²) in [6.45, 7) is 0.217. The summed E-state index contributed by atoms with van der Waals surface area (Å²) in [5, 5.41) is 3.04. The second kappa shape index (κ2) is 4.35. The molecule has 1 N–H and O–H groups in total. The SMILES string of the molecule is O=C1c2ccccc2C(=O)N1CC1CNCC2(CC2)C1(F)F. The molecule has 2 heterocycles. The van der Waals surface area contributed by atoms with E-state index in [-0.39, 0.29) is 13.1 Å². The van der Waals surface area contributed by atoms with Crippen LogP contribution in [0.3, 0.4) is 0 Å². The third-order valence-corrected chi connectivity index (χ3v) is 5.21. The number of imide groups is 1. The number of hydrogen-bond acceptors (Lipinski definition) is 3. The van der Waals surface area contributed by atoms with Crippen LogP contribution in [0.15, 0.2) is 24.3 Å². The van der Waals surface area contributed by atoms with Gasteiger partial charge < -0.3 is 5.32 Å². The van der Waals surface area contributed by atoms with E-state index in [1.54, 1.807) is 24.3 Å². The highest BCUT2D eigenvalue weighted by molar-refractivity contribution is 6.21. The zero-order valence-corrected chi connectivity index (χ0v) is 11.9. The van der Waals surface area contributed by atoms with Gasteiger partial charge in [0.25, 0.3) is 17.7 Å². The molecule has 2 fully saturated rings. The number of nitrogens with zero attached hydrogens (tertiary/aromatic N) is 1. The molecule has 1 aromatic carbocycles. The molecule has 22 heavy (non-hydrogen) atoms. The van der Waals surface area contributed by atoms with E-state index in [1.165, 1.54) is 0 Å². The van der Waals surface area contributed by atoms with E-state index in [0.29, 0.717) is 30.5 Å². The predicted molar refractivity (Wildman–Crippen MR) is 74.8 cm³/mol. The van der Waals surface area contributed by atoms with Crippen molar-refractivity contribution in [2.45, 2.75) is 18.8 Å². The van der Waals surface area contributed by atoms with Gasteiger partial charge in [0.05, 0.1) is 17.0 Å². The fourth-order valence-corrected chi connectivity index (χ4v) is 3.63. The predicted octanol–water partition coefficient (Wildman–Crippen LogP) is 1.92. The van der Waals surface area contributed by atoms with Gasteiger partial charge in [0.1, 0.15) is 0 Å². The highest BCUT2D eigenvalue weighted by Gasteiger charge is 2.66. The van der Waals surface area contributed by atoms with Gasteiger partial charge in [-0.15, -0.1) is 0 Å². The van der Waals surface area contributed by atoms with Gasteiger partial charge in [0, 0.05) is 25.0 Å². The number of amides is 2. The van der Waals surface area contributed by atoms with Crippen molar-refractivity contribution < 1.29 is 18.4 Å². The van der Waals surface area contributed by atoms with Gasteiger partial charge >= 0.3 is 0 Å². The van der Waals surface area contributed by atoms with Crippen LogP contribution in [0.5, 0.6) is 0 Å². The summed E-state index contributed by atoms with van der Waals surface area (Å²) in [6.07, 6.45) is 1.01. The van der Waals surface area contributed by atoms with E-state index >= 15 is 0 Å². The summed E-state index contributed by atoms with van der Waals surface area (Å²) < 4.78 is 29.3. The first kappa shape index (κ1) is 13.8. The average molecular weight is 306 g/mol. The number of hydrogen-bond donors (Lipinski definition) is 1. The number of halogens is 2. The maximum atomic E-state index is 14.7. The summed E-state index contributed by atoms with van der Waals surface area (Å²) in [7, 11) is 0. The molecule has 1 aromatic rings. The van der Waals surface area contributed by atoms with Crippen molar-refractivity contribution in [2.75, 3.05) is 19.6 Å². The molecule has 1 spiro atoms. The quantitative estimate of drug-likeness (QED) is 0.849. The number of carbonyl (C=O) groups excluding carboxylic acids is 2. The third-order valence-electron chi connectivity index (χ3n) is 5.21. The maximum absolute atomic E-state index is 14.7. The summed E-state index contributed by atoms with van der Waals surface area (Å²) in [6, 6.07) is 6.47. The van der Waals surface area contributed by atoms with Gasteiger partial charge in [-0.25, -0.2) is 8.78 Å². The van der Waals surface area contributed by atoms with E-state index in [2.05, 4.69) is 5.32 Å². The molecule has 1 aliphatic carbocycles.